The molecule has 2 atom stereocenters. The molecule has 0 aromatic rings. The van der Waals surface area contributed by atoms with Gasteiger partial charge >= 0.3 is 11.9 Å². The minimum atomic E-state index is -0.366. The lowest BCUT2D eigenvalue weighted by Crippen LogP contribution is -2.00. The normalized spacial score (nSPS) is 14.3. The van der Waals surface area contributed by atoms with Gasteiger partial charge in [-0.2, -0.15) is 0 Å². The van der Waals surface area contributed by atoms with E-state index in [0.717, 1.165) is 36.7 Å². The van der Waals surface area contributed by atoms with Crippen LogP contribution in [-0.4, -0.2) is 11.9 Å². The van der Waals surface area contributed by atoms with Crippen LogP contribution >= 0.6 is 0 Å². The Balaban J connectivity index is 4.10. The van der Waals surface area contributed by atoms with E-state index in [0.29, 0.717) is 5.92 Å². The molecule has 0 aliphatic carbocycles. The molecule has 0 amide bonds. The minimum absolute atomic E-state index is 0.353. The molecule has 4 heteroatoms. The zero-order valence-corrected chi connectivity index (χ0v) is 19.0. The van der Waals surface area contributed by atoms with E-state index in [1.165, 1.54) is 64.9 Å². The van der Waals surface area contributed by atoms with Crippen molar-refractivity contribution in [2.75, 3.05) is 0 Å². The maximum atomic E-state index is 11.0. The number of esters is 2. The lowest BCUT2D eigenvalue weighted by atomic mass is 9.91. The topological polar surface area (TPSA) is 52.6 Å². The van der Waals surface area contributed by atoms with Crippen molar-refractivity contribution in [3.63, 3.8) is 0 Å². The summed E-state index contributed by atoms with van der Waals surface area (Å²) in [6.07, 6.45) is 15.4. The highest BCUT2D eigenvalue weighted by Gasteiger charge is 2.07. The summed E-state index contributed by atoms with van der Waals surface area (Å²) < 4.78 is 9.79. The van der Waals surface area contributed by atoms with E-state index in [1.54, 1.807) is 6.08 Å². The molecule has 0 aromatic carbocycles. The summed E-state index contributed by atoms with van der Waals surface area (Å²) in [7, 11) is 0. The van der Waals surface area contributed by atoms with Crippen molar-refractivity contribution in [2.45, 2.75) is 99.3 Å². The molecular weight excluding hydrogens is 352 g/mol. The van der Waals surface area contributed by atoms with Crippen LogP contribution in [0.4, 0.5) is 0 Å². The summed E-state index contributed by atoms with van der Waals surface area (Å²) in [5.41, 5.74) is 0.849. The molecule has 0 fully saturated rings. The first-order valence-corrected chi connectivity index (χ1v) is 10.9. The van der Waals surface area contributed by atoms with Crippen LogP contribution in [-0.2, 0) is 19.1 Å². The van der Waals surface area contributed by atoms with E-state index >= 15 is 0 Å². The highest BCUT2D eigenvalue weighted by molar-refractivity contribution is 5.67. The van der Waals surface area contributed by atoms with Gasteiger partial charge in [-0.1, -0.05) is 72.6 Å². The maximum absolute atomic E-state index is 11.0. The first kappa shape index (κ1) is 26.4. The predicted molar refractivity (Wildman–Crippen MR) is 115 cm³/mol. The maximum Gasteiger partial charge on any atom is 0.307 e. The molecule has 4 nitrogen and oxygen atoms in total. The van der Waals surface area contributed by atoms with Gasteiger partial charge in [0.25, 0.3) is 0 Å². The molecule has 0 rings (SSSR count). The molecule has 0 saturated heterocycles. The van der Waals surface area contributed by atoms with Crippen molar-refractivity contribution in [1.29, 1.82) is 0 Å². The standard InChI is InChI=1S/C24H42O4/c1-19(2)10-7-11-20(3)12-8-13-21(4)14-9-15-24(18-28-23(6)26)16-17-27-22(5)25/h16-21H,7-15H2,1-6H3. The van der Waals surface area contributed by atoms with Crippen LogP contribution in [0.3, 0.4) is 0 Å². The van der Waals surface area contributed by atoms with E-state index < -0.39 is 0 Å². The summed E-state index contributed by atoms with van der Waals surface area (Å²) in [4.78, 5) is 21.9. The Labute approximate surface area is 172 Å². The van der Waals surface area contributed by atoms with Crippen LogP contribution in [0.1, 0.15) is 99.3 Å². The second-order valence-corrected chi connectivity index (χ2v) is 8.57. The van der Waals surface area contributed by atoms with Gasteiger partial charge in [0.15, 0.2) is 0 Å². The van der Waals surface area contributed by atoms with Gasteiger partial charge in [-0.15, -0.1) is 0 Å². The number of rotatable bonds is 15. The van der Waals surface area contributed by atoms with Gasteiger partial charge in [0.1, 0.15) is 0 Å². The number of carbonyl (C=O) groups excluding carboxylic acids is 2. The van der Waals surface area contributed by atoms with E-state index in [2.05, 4.69) is 27.7 Å². The van der Waals surface area contributed by atoms with Gasteiger partial charge in [-0.25, -0.2) is 0 Å². The van der Waals surface area contributed by atoms with Gasteiger partial charge in [0.2, 0.25) is 0 Å². The highest BCUT2D eigenvalue weighted by Crippen LogP contribution is 2.22. The third-order valence-corrected chi connectivity index (χ3v) is 4.93. The number of hydrogen-bond acceptors (Lipinski definition) is 4. The van der Waals surface area contributed by atoms with Gasteiger partial charge in [0.05, 0.1) is 12.5 Å². The molecular formula is C24H42O4. The molecule has 0 aromatic heterocycles. The molecule has 28 heavy (non-hydrogen) atoms. The summed E-state index contributed by atoms with van der Waals surface area (Å²) in [6.45, 7) is 12.0. The zero-order valence-electron chi connectivity index (χ0n) is 19.0. The van der Waals surface area contributed by atoms with Gasteiger partial charge in [0, 0.05) is 13.8 Å². The molecule has 0 bridgehead atoms. The Morgan fingerprint density at radius 2 is 1.25 bits per heavy atom. The molecule has 0 heterocycles. The summed E-state index contributed by atoms with van der Waals surface area (Å²) in [5, 5.41) is 0. The van der Waals surface area contributed by atoms with Crippen molar-refractivity contribution in [2.24, 2.45) is 17.8 Å². The summed E-state index contributed by atoms with van der Waals surface area (Å²) in [6, 6.07) is 0. The van der Waals surface area contributed by atoms with Crippen molar-refractivity contribution >= 4 is 11.9 Å². The Morgan fingerprint density at radius 3 is 1.75 bits per heavy atom. The number of carbonyl (C=O) groups is 2. The fourth-order valence-electron chi connectivity index (χ4n) is 3.19. The summed E-state index contributed by atoms with van der Waals surface area (Å²) in [5.74, 6) is 1.62. The van der Waals surface area contributed by atoms with Crippen LogP contribution in [0.2, 0.25) is 0 Å². The van der Waals surface area contributed by atoms with E-state index in [4.69, 9.17) is 9.47 Å². The molecule has 0 spiro atoms. The second kappa shape index (κ2) is 16.4. The molecule has 162 valence electrons. The highest BCUT2D eigenvalue weighted by atomic mass is 16.5. The van der Waals surface area contributed by atoms with Crippen molar-refractivity contribution < 1.29 is 19.1 Å². The van der Waals surface area contributed by atoms with Gasteiger partial charge in [-0.3, -0.25) is 9.59 Å². The van der Waals surface area contributed by atoms with Crippen molar-refractivity contribution in [3.05, 3.63) is 24.2 Å². The Bertz CT molecular complexity index is 491. The monoisotopic (exact) mass is 394 g/mol. The lowest BCUT2D eigenvalue weighted by molar-refractivity contribution is -0.136. The van der Waals surface area contributed by atoms with Gasteiger partial charge < -0.3 is 9.47 Å². The van der Waals surface area contributed by atoms with Crippen molar-refractivity contribution in [3.8, 4) is 0 Å². The van der Waals surface area contributed by atoms with E-state index in [-0.39, 0.29) is 11.9 Å². The second-order valence-electron chi connectivity index (χ2n) is 8.57. The largest absolute Gasteiger partial charge is 0.435 e. The third kappa shape index (κ3) is 17.8. The molecule has 0 radical (unpaired) electrons. The van der Waals surface area contributed by atoms with Gasteiger partial charge in [-0.05, 0) is 42.2 Å². The van der Waals surface area contributed by atoms with Crippen molar-refractivity contribution in [1.82, 2.24) is 0 Å². The summed E-state index contributed by atoms with van der Waals surface area (Å²) >= 11 is 0. The van der Waals surface area contributed by atoms with Crippen LogP contribution < -0.4 is 0 Å². The average Bonchev–Trinajstić information content (AvgIpc) is 2.58. The first-order valence-electron chi connectivity index (χ1n) is 10.9. The van der Waals surface area contributed by atoms with Crippen LogP contribution in [0.15, 0.2) is 24.2 Å². The SMILES string of the molecule is CC(=O)OC=CC(=COC(C)=O)CCCC(C)CCCC(C)CCCC(C)C. The van der Waals surface area contributed by atoms with Crippen LogP contribution in [0, 0.1) is 17.8 Å². The first-order chi connectivity index (χ1) is 13.2. The lowest BCUT2D eigenvalue weighted by Gasteiger charge is -2.15. The number of ether oxygens (including phenoxy) is 2. The van der Waals surface area contributed by atoms with E-state index in [1.807, 2.05) is 0 Å². The van der Waals surface area contributed by atoms with Crippen LogP contribution in [0.25, 0.3) is 0 Å². The molecule has 0 aliphatic rings. The quantitative estimate of drug-likeness (QED) is 0.171. The molecule has 2 unspecified atom stereocenters. The predicted octanol–water partition coefficient (Wildman–Crippen LogP) is 6.95. The minimum Gasteiger partial charge on any atom is -0.435 e. The molecule has 0 N–H and O–H groups in total. The fourth-order valence-corrected chi connectivity index (χ4v) is 3.19. The van der Waals surface area contributed by atoms with E-state index in [9.17, 15) is 9.59 Å². The third-order valence-electron chi connectivity index (χ3n) is 4.93. The molecule has 0 aliphatic heterocycles. The van der Waals surface area contributed by atoms with Crippen LogP contribution in [0.5, 0.6) is 0 Å². The zero-order chi connectivity index (χ0) is 21.4. The average molecular weight is 395 g/mol. The molecule has 0 saturated carbocycles. The Morgan fingerprint density at radius 1 is 0.750 bits per heavy atom. The Hall–Kier alpha value is -1.58. The fraction of sp³-hybridized carbons (Fsp3) is 0.750. The number of hydrogen-bond donors (Lipinski definition) is 0. The number of allylic oxidation sites excluding steroid dienone is 2. The smallest absolute Gasteiger partial charge is 0.307 e. The Kier molecular flexibility index (Phi) is 15.5.